The van der Waals surface area contributed by atoms with Crippen molar-refractivity contribution in [2.45, 2.75) is 83.0 Å². The van der Waals surface area contributed by atoms with Crippen molar-refractivity contribution in [2.24, 2.45) is 0 Å². The van der Waals surface area contributed by atoms with Gasteiger partial charge in [0.25, 0.3) is 0 Å². The van der Waals surface area contributed by atoms with Gasteiger partial charge in [-0.1, -0.05) is 30.7 Å². The minimum absolute atomic E-state index is 0.0843. The Morgan fingerprint density at radius 3 is 2.38 bits per heavy atom. The fourth-order valence-corrected chi connectivity index (χ4v) is 5.38. The largest absolute Gasteiger partial charge is 0.508 e. The number of allylic oxidation sites excluding steroid dienone is 1. The quantitative estimate of drug-likeness (QED) is 0.188. The predicted molar refractivity (Wildman–Crippen MR) is 156 cm³/mol. The van der Waals surface area contributed by atoms with Gasteiger partial charge < -0.3 is 30.5 Å². The van der Waals surface area contributed by atoms with Crippen LogP contribution < -0.4 is 16.0 Å². The molecule has 11 nitrogen and oxygen atoms in total. The van der Waals surface area contributed by atoms with Crippen LogP contribution in [0.15, 0.2) is 29.8 Å². The highest BCUT2D eigenvalue weighted by molar-refractivity contribution is 5.98. The summed E-state index contributed by atoms with van der Waals surface area (Å²) in [4.78, 5) is 54.8. The fourth-order valence-electron chi connectivity index (χ4n) is 5.38. The van der Waals surface area contributed by atoms with Crippen LogP contribution in [0.4, 0.5) is 0 Å². The number of nitrogens with zero attached hydrogens (tertiary/aromatic N) is 1. The summed E-state index contributed by atoms with van der Waals surface area (Å²) in [5.74, 6) is -1.42. The zero-order chi connectivity index (χ0) is 30.3. The molecule has 0 radical (unpaired) electrons. The molecule has 0 aromatic heterocycles. The normalized spacial score (nSPS) is 22.4. The number of ether oxygens (including phenoxy) is 2. The molecule has 4 N–H and O–H groups in total. The summed E-state index contributed by atoms with van der Waals surface area (Å²) >= 11 is 0. The van der Waals surface area contributed by atoms with E-state index in [1.165, 1.54) is 0 Å². The highest BCUT2D eigenvalue weighted by Crippen LogP contribution is 2.31. The number of phenols is 1. The zero-order valence-corrected chi connectivity index (χ0v) is 24.9. The maximum absolute atomic E-state index is 13.7. The SMILES string of the molecule is CCc1ccc(CC(NC(=O)C(C)NC(=O)CN2CCOCC2)C(=O)NC(CC2=CCCC2)C(=O)C2(C)CO2)cc1O. The fraction of sp³-hybridized carbons (Fsp3) is 0.613. The molecule has 3 amide bonds. The minimum Gasteiger partial charge on any atom is -0.508 e. The third-order valence-electron chi connectivity index (χ3n) is 8.18. The van der Waals surface area contributed by atoms with Gasteiger partial charge in [0.1, 0.15) is 23.4 Å². The Kier molecular flexibility index (Phi) is 10.7. The van der Waals surface area contributed by atoms with Crippen LogP contribution in [0.3, 0.4) is 0 Å². The number of carbonyl (C=O) groups excluding carboxylic acids is 4. The van der Waals surface area contributed by atoms with Crippen LogP contribution in [0.1, 0.15) is 57.6 Å². The van der Waals surface area contributed by atoms with Gasteiger partial charge >= 0.3 is 0 Å². The van der Waals surface area contributed by atoms with E-state index in [2.05, 4.69) is 22.0 Å². The van der Waals surface area contributed by atoms with Crippen molar-refractivity contribution >= 4 is 23.5 Å². The number of hydrogen-bond donors (Lipinski definition) is 4. The topological polar surface area (TPSA) is 150 Å². The molecule has 2 fully saturated rings. The van der Waals surface area contributed by atoms with Gasteiger partial charge in [0.2, 0.25) is 17.7 Å². The lowest BCUT2D eigenvalue weighted by atomic mass is 9.93. The van der Waals surface area contributed by atoms with E-state index in [4.69, 9.17) is 9.47 Å². The van der Waals surface area contributed by atoms with Crippen molar-refractivity contribution in [1.82, 2.24) is 20.9 Å². The first-order valence-corrected chi connectivity index (χ1v) is 14.9. The Labute approximate surface area is 247 Å². The van der Waals surface area contributed by atoms with Crippen LogP contribution >= 0.6 is 0 Å². The molecule has 2 saturated heterocycles. The van der Waals surface area contributed by atoms with Crippen LogP contribution in [-0.4, -0.2) is 96.7 Å². The molecule has 2 heterocycles. The maximum atomic E-state index is 13.7. The van der Waals surface area contributed by atoms with E-state index in [-0.39, 0.29) is 30.4 Å². The highest BCUT2D eigenvalue weighted by Gasteiger charge is 2.50. The smallest absolute Gasteiger partial charge is 0.243 e. The highest BCUT2D eigenvalue weighted by atomic mass is 16.6. The van der Waals surface area contributed by atoms with Gasteiger partial charge in [0.15, 0.2) is 5.78 Å². The standard InChI is InChI=1S/C31H44N4O7/c1-4-23-10-9-22(17-26(23)36)16-25(34-29(39)20(2)32-27(37)18-35-11-13-41-14-12-35)30(40)33-24(15-21-7-5-6-8-21)28(38)31(3)19-42-31/h7,9-10,17,20,24-25,36H,4-6,8,11-16,18-19H2,1-3H3,(H,32,37)(H,33,40)(H,34,39). The van der Waals surface area contributed by atoms with E-state index < -0.39 is 35.5 Å². The summed E-state index contributed by atoms with van der Waals surface area (Å²) in [5.41, 5.74) is 1.62. The van der Waals surface area contributed by atoms with Crippen molar-refractivity contribution in [3.8, 4) is 5.75 Å². The maximum Gasteiger partial charge on any atom is 0.243 e. The summed E-state index contributed by atoms with van der Waals surface area (Å²) in [6.07, 6.45) is 6.08. The minimum atomic E-state index is -1.05. The molecule has 2 aliphatic heterocycles. The Balaban J connectivity index is 1.46. The van der Waals surface area contributed by atoms with E-state index in [1.807, 2.05) is 17.9 Å². The van der Waals surface area contributed by atoms with Gasteiger partial charge in [-0.25, -0.2) is 0 Å². The summed E-state index contributed by atoms with van der Waals surface area (Å²) in [6, 6.07) is 2.44. The molecular formula is C31H44N4O7. The van der Waals surface area contributed by atoms with Crippen molar-refractivity contribution in [3.05, 3.63) is 41.0 Å². The molecule has 1 aliphatic carbocycles. The Morgan fingerprint density at radius 1 is 1.05 bits per heavy atom. The van der Waals surface area contributed by atoms with Crippen LogP contribution in [0.2, 0.25) is 0 Å². The van der Waals surface area contributed by atoms with E-state index in [0.717, 1.165) is 30.4 Å². The molecule has 4 unspecified atom stereocenters. The second kappa shape index (κ2) is 14.3. The number of amides is 3. The number of Topliss-reactive ketones (excluding diaryl/α,β-unsaturated/α-hetero) is 1. The molecule has 0 spiro atoms. The third kappa shape index (κ3) is 8.62. The average molecular weight is 585 g/mol. The van der Waals surface area contributed by atoms with Crippen LogP contribution in [-0.2, 0) is 41.5 Å². The van der Waals surface area contributed by atoms with Gasteiger partial charge in [-0.3, -0.25) is 24.1 Å². The number of phenolic OH excluding ortho intramolecular Hbond substituents is 1. The Morgan fingerprint density at radius 2 is 1.76 bits per heavy atom. The average Bonchev–Trinajstić information content (AvgIpc) is 3.50. The van der Waals surface area contributed by atoms with Gasteiger partial charge in [-0.2, -0.15) is 0 Å². The number of carbonyl (C=O) groups is 4. The van der Waals surface area contributed by atoms with Crippen LogP contribution in [0.5, 0.6) is 5.75 Å². The van der Waals surface area contributed by atoms with Crippen LogP contribution in [0.25, 0.3) is 0 Å². The van der Waals surface area contributed by atoms with Crippen molar-refractivity contribution in [3.63, 3.8) is 0 Å². The lowest BCUT2D eigenvalue weighted by Gasteiger charge is -2.27. The van der Waals surface area contributed by atoms with Gasteiger partial charge in [-0.15, -0.1) is 0 Å². The number of epoxide rings is 1. The molecule has 0 bridgehead atoms. The summed E-state index contributed by atoms with van der Waals surface area (Å²) in [7, 11) is 0. The number of aryl methyl sites for hydroxylation is 1. The molecule has 1 aromatic carbocycles. The van der Waals surface area contributed by atoms with Crippen molar-refractivity contribution in [1.29, 1.82) is 0 Å². The summed E-state index contributed by atoms with van der Waals surface area (Å²) in [5, 5.41) is 18.8. The second-order valence-corrected chi connectivity index (χ2v) is 11.7. The molecular weight excluding hydrogens is 540 g/mol. The Hall–Kier alpha value is -3.28. The number of aromatic hydroxyl groups is 1. The second-order valence-electron chi connectivity index (χ2n) is 11.7. The molecule has 3 aliphatic rings. The summed E-state index contributed by atoms with van der Waals surface area (Å²) < 4.78 is 10.7. The zero-order valence-electron chi connectivity index (χ0n) is 24.9. The molecule has 0 saturated carbocycles. The number of morpholine rings is 1. The van der Waals surface area contributed by atoms with E-state index in [0.29, 0.717) is 51.3 Å². The molecule has 4 atom stereocenters. The number of hydrogen-bond acceptors (Lipinski definition) is 8. The van der Waals surface area contributed by atoms with E-state index in [1.54, 1.807) is 26.0 Å². The predicted octanol–water partition coefficient (Wildman–Crippen LogP) is 1.16. The molecule has 4 rings (SSSR count). The van der Waals surface area contributed by atoms with Crippen molar-refractivity contribution < 1.29 is 33.8 Å². The lowest BCUT2D eigenvalue weighted by Crippen LogP contribution is -2.57. The summed E-state index contributed by atoms with van der Waals surface area (Å²) in [6.45, 7) is 8.06. The molecule has 11 heteroatoms. The first kappa shape index (κ1) is 31.7. The van der Waals surface area contributed by atoms with Gasteiger partial charge in [-0.05, 0) is 63.1 Å². The van der Waals surface area contributed by atoms with Gasteiger partial charge in [0, 0.05) is 19.5 Å². The van der Waals surface area contributed by atoms with Crippen molar-refractivity contribution in [2.75, 3.05) is 39.5 Å². The monoisotopic (exact) mass is 584 g/mol. The van der Waals surface area contributed by atoms with E-state index >= 15 is 0 Å². The number of nitrogens with one attached hydrogen (secondary N) is 3. The molecule has 230 valence electrons. The first-order valence-electron chi connectivity index (χ1n) is 14.9. The van der Waals surface area contributed by atoms with Crippen LogP contribution in [0, 0.1) is 0 Å². The lowest BCUT2D eigenvalue weighted by molar-refractivity contribution is -0.134. The van der Waals surface area contributed by atoms with Gasteiger partial charge in [0.05, 0.1) is 32.4 Å². The Bertz CT molecular complexity index is 1190. The molecule has 42 heavy (non-hydrogen) atoms. The molecule has 1 aromatic rings. The van der Waals surface area contributed by atoms with E-state index in [9.17, 15) is 24.3 Å². The third-order valence-corrected chi connectivity index (χ3v) is 8.18. The first-order chi connectivity index (χ1) is 20.1. The number of rotatable bonds is 14. The number of benzene rings is 1. The number of ketones is 1.